The van der Waals surface area contributed by atoms with Crippen molar-refractivity contribution < 1.29 is 9.47 Å². The topological polar surface area (TPSA) is 18.5 Å². The Morgan fingerprint density at radius 2 is 2.00 bits per heavy atom. The molecule has 0 saturated heterocycles. The first-order chi connectivity index (χ1) is 7.67. The molecular formula is C12H16Cl2O2. The fourth-order valence-corrected chi connectivity index (χ4v) is 1.76. The summed E-state index contributed by atoms with van der Waals surface area (Å²) in [5, 5.41) is 1.11. The van der Waals surface area contributed by atoms with Gasteiger partial charge in [-0.25, -0.2) is 0 Å². The van der Waals surface area contributed by atoms with E-state index in [2.05, 4.69) is 6.92 Å². The van der Waals surface area contributed by atoms with E-state index in [0.717, 1.165) is 12.8 Å². The lowest BCUT2D eigenvalue weighted by atomic mass is 10.3. The lowest BCUT2D eigenvalue weighted by Crippen LogP contribution is -2.20. The van der Waals surface area contributed by atoms with Gasteiger partial charge in [0.25, 0.3) is 0 Å². The standard InChI is InChI=1S/C12H16Cl2O2/c1-3-5-12(15-4-2)16-11-7-6-9(13)8-10(11)14/h6-8,12H,3-5H2,1-2H3. The molecule has 0 amide bonds. The van der Waals surface area contributed by atoms with Crippen LogP contribution in [0.3, 0.4) is 0 Å². The fourth-order valence-electron chi connectivity index (χ4n) is 1.31. The number of hydrogen-bond acceptors (Lipinski definition) is 2. The quantitative estimate of drug-likeness (QED) is 0.702. The zero-order chi connectivity index (χ0) is 12.0. The van der Waals surface area contributed by atoms with Gasteiger partial charge in [-0.1, -0.05) is 36.5 Å². The predicted molar refractivity (Wildman–Crippen MR) is 67.4 cm³/mol. The molecule has 0 heterocycles. The largest absolute Gasteiger partial charge is 0.463 e. The molecule has 16 heavy (non-hydrogen) atoms. The molecule has 1 unspecified atom stereocenters. The molecule has 1 rings (SSSR count). The Labute approximate surface area is 106 Å². The van der Waals surface area contributed by atoms with Crippen molar-refractivity contribution in [2.45, 2.75) is 33.0 Å². The Balaban J connectivity index is 2.68. The smallest absolute Gasteiger partial charge is 0.199 e. The van der Waals surface area contributed by atoms with Crippen molar-refractivity contribution in [2.75, 3.05) is 6.61 Å². The molecule has 4 heteroatoms. The number of rotatable bonds is 6. The van der Waals surface area contributed by atoms with Crippen molar-refractivity contribution in [1.29, 1.82) is 0 Å². The molecule has 0 N–H and O–H groups in total. The summed E-state index contributed by atoms with van der Waals surface area (Å²) in [7, 11) is 0. The first kappa shape index (κ1) is 13.6. The zero-order valence-electron chi connectivity index (χ0n) is 9.50. The van der Waals surface area contributed by atoms with E-state index in [-0.39, 0.29) is 6.29 Å². The predicted octanol–water partition coefficient (Wildman–Crippen LogP) is 4.53. The highest BCUT2D eigenvalue weighted by Gasteiger charge is 2.11. The Hall–Kier alpha value is -0.440. The average Bonchev–Trinajstić information content (AvgIpc) is 2.23. The van der Waals surface area contributed by atoms with Gasteiger partial charge >= 0.3 is 0 Å². The summed E-state index contributed by atoms with van der Waals surface area (Å²) >= 11 is 11.8. The van der Waals surface area contributed by atoms with Crippen LogP contribution in [0.1, 0.15) is 26.7 Å². The van der Waals surface area contributed by atoms with Crippen LogP contribution in [0, 0.1) is 0 Å². The van der Waals surface area contributed by atoms with Crippen LogP contribution in [0.25, 0.3) is 0 Å². The molecular weight excluding hydrogens is 247 g/mol. The maximum Gasteiger partial charge on any atom is 0.199 e. The minimum Gasteiger partial charge on any atom is -0.463 e. The van der Waals surface area contributed by atoms with E-state index in [4.69, 9.17) is 32.7 Å². The van der Waals surface area contributed by atoms with Crippen LogP contribution in [0.15, 0.2) is 18.2 Å². The Kier molecular flexibility index (Phi) is 5.96. The van der Waals surface area contributed by atoms with Gasteiger partial charge in [0.05, 0.1) is 5.02 Å². The summed E-state index contributed by atoms with van der Waals surface area (Å²) < 4.78 is 11.1. The highest BCUT2D eigenvalue weighted by Crippen LogP contribution is 2.28. The van der Waals surface area contributed by atoms with Crippen LogP contribution in [0.5, 0.6) is 5.75 Å². The molecule has 0 radical (unpaired) electrons. The monoisotopic (exact) mass is 262 g/mol. The molecule has 0 aliphatic carbocycles. The molecule has 2 nitrogen and oxygen atoms in total. The van der Waals surface area contributed by atoms with Crippen LogP contribution in [0.2, 0.25) is 10.0 Å². The second kappa shape index (κ2) is 7.00. The normalized spacial score (nSPS) is 12.5. The summed E-state index contributed by atoms with van der Waals surface area (Å²) in [4.78, 5) is 0. The third kappa shape index (κ3) is 4.20. The molecule has 1 aromatic rings. The van der Waals surface area contributed by atoms with Gasteiger partial charge in [0.2, 0.25) is 0 Å². The molecule has 90 valence electrons. The molecule has 1 aromatic carbocycles. The van der Waals surface area contributed by atoms with Gasteiger partial charge < -0.3 is 9.47 Å². The highest BCUT2D eigenvalue weighted by molar-refractivity contribution is 6.35. The van der Waals surface area contributed by atoms with E-state index in [1.54, 1.807) is 18.2 Å². The minimum atomic E-state index is -0.242. The van der Waals surface area contributed by atoms with Crippen molar-refractivity contribution in [3.63, 3.8) is 0 Å². The van der Waals surface area contributed by atoms with E-state index in [0.29, 0.717) is 22.4 Å². The van der Waals surface area contributed by atoms with Crippen molar-refractivity contribution in [1.82, 2.24) is 0 Å². The SMILES string of the molecule is CCCC(OCC)Oc1ccc(Cl)cc1Cl. The van der Waals surface area contributed by atoms with E-state index in [1.165, 1.54) is 0 Å². The lowest BCUT2D eigenvalue weighted by Gasteiger charge is -2.19. The first-order valence-corrected chi connectivity index (χ1v) is 6.16. The Bertz CT molecular complexity index is 323. The number of halogens is 2. The van der Waals surface area contributed by atoms with Crippen LogP contribution < -0.4 is 4.74 Å². The molecule has 0 aliphatic heterocycles. The van der Waals surface area contributed by atoms with Crippen LogP contribution >= 0.6 is 23.2 Å². The molecule has 0 saturated carbocycles. The van der Waals surface area contributed by atoms with Crippen molar-refractivity contribution >= 4 is 23.2 Å². The second-order valence-corrected chi connectivity index (χ2v) is 4.21. The van der Waals surface area contributed by atoms with Crippen molar-refractivity contribution in [3.8, 4) is 5.75 Å². The fraction of sp³-hybridized carbons (Fsp3) is 0.500. The molecule has 0 spiro atoms. The molecule has 1 atom stereocenters. The van der Waals surface area contributed by atoms with Crippen LogP contribution in [-0.2, 0) is 4.74 Å². The summed E-state index contributed by atoms with van der Waals surface area (Å²) in [6.45, 7) is 4.64. The van der Waals surface area contributed by atoms with Crippen LogP contribution in [-0.4, -0.2) is 12.9 Å². The molecule has 0 fully saturated rings. The van der Waals surface area contributed by atoms with Crippen molar-refractivity contribution in [3.05, 3.63) is 28.2 Å². The average molecular weight is 263 g/mol. The first-order valence-electron chi connectivity index (χ1n) is 5.40. The lowest BCUT2D eigenvalue weighted by molar-refractivity contribution is -0.0798. The summed E-state index contributed by atoms with van der Waals surface area (Å²) in [5.74, 6) is 0.609. The van der Waals surface area contributed by atoms with Gasteiger partial charge in [0.1, 0.15) is 5.75 Å². The maximum atomic E-state index is 6.01. The second-order valence-electron chi connectivity index (χ2n) is 3.37. The van der Waals surface area contributed by atoms with Gasteiger partial charge in [-0.3, -0.25) is 0 Å². The zero-order valence-corrected chi connectivity index (χ0v) is 11.0. The number of hydrogen-bond donors (Lipinski definition) is 0. The summed E-state index contributed by atoms with van der Waals surface area (Å²) in [6.07, 6.45) is 1.59. The van der Waals surface area contributed by atoms with Gasteiger partial charge in [0, 0.05) is 18.1 Å². The third-order valence-electron chi connectivity index (χ3n) is 2.03. The molecule has 0 aromatic heterocycles. The highest BCUT2D eigenvalue weighted by atomic mass is 35.5. The summed E-state index contributed by atoms with van der Waals surface area (Å²) in [6, 6.07) is 5.16. The Morgan fingerprint density at radius 3 is 2.56 bits per heavy atom. The maximum absolute atomic E-state index is 6.01. The van der Waals surface area contributed by atoms with Gasteiger partial charge in [-0.05, 0) is 25.1 Å². The van der Waals surface area contributed by atoms with Gasteiger partial charge in [-0.15, -0.1) is 0 Å². The van der Waals surface area contributed by atoms with E-state index in [1.807, 2.05) is 6.92 Å². The van der Waals surface area contributed by atoms with E-state index < -0.39 is 0 Å². The van der Waals surface area contributed by atoms with Gasteiger partial charge in [-0.2, -0.15) is 0 Å². The van der Waals surface area contributed by atoms with Gasteiger partial charge in [0.15, 0.2) is 6.29 Å². The van der Waals surface area contributed by atoms with Crippen LogP contribution in [0.4, 0.5) is 0 Å². The molecule has 0 aliphatic rings. The summed E-state index contributed by atoms with van der Waals surface area (Å²) in [5.41, 5.74) is 0. The van der Waals surface area contributed by atoms with Crippen molar-refractivity contribution in [2.24, 2.45) is 0 Å². The Morgan fingerprint density at radius 1 is 1.25 bits per heavy atom. The van der Waals surface area contributed by atoms with E-state index >= 15 is 0 Å². The van der Waals surface area contributed by atoms with E-state index in [9.17, 15) is 0 Å². The third-order valence-corrected chi connectivity index (χ3v) is 2.56. The number of ether oxygens (including phenoxy) is 2. The number of benzene rings is 1. The minimum absolute atomic E-state index is 0.242. The molecule has 0 bridgehead atoms.